The molecule has 0 aliphatic rings. The van der Waals surface area contributed by atoms with Gasteiger partial charge in [-0.15, -0.1) is 0 Å². The normalized spacial score (nSPS) is 11.7. The number of carbonyl (C=O) groups excluding carboxylic acids is 2. The lowest BCUT2D eigenvalue weighted by Gasteiger charge is -2.22. The average Bonchev–Trinajstić information content (AvgIpc) is 2.71. The van der Waals surface area contributed by atoms with Crippen LogP contribution in [0.5, 0.6) is 0 Å². The van der Waals surface area contributed by atoms with Crippen molar-refractivity contribution < 1.29 is 19.1 Å². The first-order valence-electron chi connectivity index (χ1n) is 9.71. The second-order valence-corrected chi connectivity index (χ2v) is 7.10. The van der Waals surface area contributed by atoms with Gasteiger partial charge in [-0.3, -0.25) is 4.79 Å². The molecule has 0 unspecified atom stereocenters. The lowest BCUT2D eigenvalue weighted by Crippen LogP contribution is -2.38. The standard InChI is InChI=1S/C23H29NO4/c1-18(2)21(24-23(26)28-17-20-12-7-4-8-13-20)14-9-15-22(25)27-16-19-10-5-3-6-11-19/h3-8,10-13,18,21H,9,14-17H2,1-2H3,(H,24,26)/t21-/m1/s1. The fourth-order valence-corrected chi connectivity index (χ4v) is 2.76. The molecule has 0 radical (unpaired) electrons. The van der Waals surface area contributed by atoms with Crippen LogP contribution in [-0.4, -0.2) is 18.1 Å². The Balaban J connectivity index is 1.67. The first-order valence-corrected chi connectivity index (χ1v) is 9.71. The molecule has 28 heavy (non-hydrogen) atoms. The molecular weight excluding hydrogens is 354 g/mol. The molecule has 1 amide bonds. The molecule has 0 aliphatic carbocycles. The van der Waals surface area contributed by atoms with Crippen molar-refractivity contribution in [1.82, 2.24) is 5.32 Å². The van der Waals surface area contributed by atoms with E-state index in [-0.39, 0.29) is 31.1 Å². The van der Waals surface area contributed by atoms with E-state index >= 15 is 0 Å². The van der Waals surface area contributed by atoms with Crippen molar-refractivity contribution in [3.63, 3.8) is 0 Å². The number of ether oxygens (including phenoxy) is 2. The Labute approximate surface area is 167 Å². The predicted octanol–water partition coefficient (Wildman–Crippen LogP) is 4.85. The zero-order valence-corrected chi connectivity index (χ0v) is 16.6. The van der Waals surface area contributed by atoms with Crippen molar-refractivity contribution in [1.29, 1.82) is 0 Å². The van der Waals surface area contributed by atoms with Gasteiger partial charge in [-0.2, -0.15) is 0 Å². The highest BCUT2D eigenvalue weighted by atomic mass is 16.5. The number of esters is 1. The van der Waals surface area contributed by atoms with Crippen molar-refractivity contribution in [2.24, 2.45) is 5.92 Å². The zero-order chi connectivity index (χ0) is 20.2. The van der Waals surface area contributed by atoms with Gasteiger partial charge in [-0.05, 0) is 29.9 Å². The lowest BCUT2D eigenvalue weighted by atomic mass is 9.98. The second kappa shape index (κ2) is 11.8. The Hall–Kier alpha value is -2.82. The summed E-state index contributed by atoms with van der Waals surface area (Å²) >= 11 is 0. The Bertz CT molecular complexity index is 716. The van der Waals surface area contributed by atoms with Crippen molar-refractivity contribution in [2.75, 3.05) is 0 Å². The number of hydrogen-bond acceptors (Lipinski definition) is 4. The smallest absolute Gasteiger partial charge is 0.407 e. The molecule has 1 atom stereocenters. The molecule has 5 heteroatoms. The third-order valence-electron chi connectivity index (χ3n) is 4.46. The van der Waals surface area contributed by atoms with E-state index in [1.54, 1.807) is 0 Å². The third kappa shape index (κ3) is 8.25. The van der Waals surface area contributed by atoms with E-state index < -0.39 is 6.09 Å². The van der Waals surface area contributed by atoms with E-state index in [2.05, 4.69) is 5.32 Å². The van der Waals surface area contributed by atoms with E-state index in [0.717, 1.165) is 11.1 Å². The molecule has 0 heterocycles. The van der Waals surface area contributed by atoms with Crippen molar-refractivity contribution >= 4 is 12.1 Å². The summed E-state index contributed by atoms with van der Waals surface area (Å²) in [4.78, 5) is 24.0. The van der Waals surface area contributed by atoms with E-state index in [1.807, 2.05) is 74.5 Å². The highest BCUT2D eigenvalue weighted by molar-refractivity contribution is 5.69. The highest BCUT2D eigenvalue weighted by Crippen LogP contribution is 2.12. The largest absolute Gasteiger partial charge is 0.461 e. The summed E-state index contributed by atoms with van der Waals surface area (Å²) in [5, 5.41) is 2.91. The number of hydrogen-bond donors (Lipinski definition) is 1. The van der Waals surface area contributed by atoms with Crippen molar-refractivity contribution in [3.05, 3.63) is 71.8 Å². The average molecular weight is 383 g/mol. The number of benzene rings is 2. The van der Waals surface area contributed by atoms with Gasteiger partial charge in [0.2, 0.25) is 0 Å². The van der Waals surface area contributed by atoms with Crippen LogP contribution >= 0.6 is 0 Å². The van der Waals surface area contributed by atoms with E-state index in [9.17, 15) is 9.59 Å². The maximum atomic E-state index is 12.1. The summed E-state index contributed by atoms with van der Waals surface area (Å²) in [6.45, 7) is 4.60. The quantitative estimate of drug-likeness (QED) is 0.596. The molecule has 0 bridgehead atoms. The molecule has 0 saturated carbocycles. The summed E-state index contributed by atoms with van der Waals surface area (Å²) in [5.41, 5.74) is 1.92. The van der Waals surface area contributed by atoms with Gasteiger partial charge in [0.25, 0.3) is 0 Å². The van der Waals surface area contributed by atoms with Gasteiger partial charge in [0.05, 0.1) is 0 Å². The first-order chi connectivity index (χ1) is 13.5. The molecule has 2 aromatic carbocycles. The third-order valence-corrected chi connectivity index (χ3v) is 4.46. The summed E-state index contributed by atoms with van der Waals surface area (Å²) in [6, 6.07) is 19.1. The topological polar surface area (TPSA) is 64.6 Å². The SMILES string of the molecule is CC(C)[C@@H](CCCC(=O)OCc1ccccc1)NC(=O)OCc1ccccc1. The molecule has 150 valence electrons. The van der Waals surface area contributed by atoms with Crippen LogP contribution in [-0.2, 0) is 27.5 Å². The number of carbonyl (C=O) groups is 2. The summed E-state index contributed by atoms with van der Waals surface area (Å²) in [7, 11) is 0. The van der Waals surface area contributed by atoms with Gasteiger partial charge in [0, 0.05) is 12.5 Å². The van der Waals surface area contributed by atoms with Gasteiger partial charge >= 0.3 is 12.1 Å². The highest BCUT2D eigenvalue weighted by Gasteiger charge is 2.17. The zero-order valence-electron chi connectivity index (χ0n) is 16.6. The summed E-state index contributed by atoms with van der Waals surface area (Å²) in [6.07, 6.45) is 1.24. The molecule has 2 rings (SSSR count). The van der Waals surface area contributed by atoms with Crippen LogP contribution in [0.1, 0.15) is 44.2 Å². The molecule has 0 spiro atoms. The van der Waals surface area contributed by atoms with Crippen LogP contribution in [0, 0.1) is 5.92 Å². The minimum atomic E-state index is -0.436. The van der Waals surface area contributed by atoms with Gasteiger partial charge in [0.1, 0.15) is 13.2 Å². The molecule has 0 saturated heterocycles. The maximum absolute atomic E-state index is 12.1. The van der Waals surface area contributed by atoms with Crippen LogP contribution in [0.25, 0.3) is 0 Å². The lowest BCUT2D eigenvalue weighted by molar-refractivity contribution is -0.145. The van der Waals surface area contributed by atoms with Crippen LogP contribution in [0.4, 0.5) is 4.79 Å². The molecule has 0 aromatic heterocycles. The van der Waals surface area contributed by atoms with E-state index in [1.165, 1.54) is 0 Å². The Kier molecular flexibility index (Phi) is 9.05. The molecule has 2 aromatic rings. The van der Waals surface area contributed by atoms with Gasteiger partial charge in [-0.25, -0.2) is 4.79 Å². The molecule has 1 N–H and O–H groups in total. The van der Waals surface area contributed by atoms with E-state index in [4.69, 9.17) is 9.47 Å². The van der Waals surface area contributed by atoms with Crippen molar-refractivity contribution in [2.45, 2.75) is 52.4 Å². The number of rotatable bonds is 10. The van der Waals surface area contributed by atoms with Gasteiger partial charge < -0.3 is 14.8 Å². The van der Waals surface area contributed by atoms with Crippen LogP contribution in [0.15, 0.2) is 60.7 Å². The first kappa shape index (κ1) is 21.5. The number of alkyl carbamates (subject to hydrolysis) is 1. The Morgan fingerprint density at radius 1 is 0.857 bits per heavy atom. The minimum Gasteiger partial charge on any atom is -0.461 e. The maximum Gasteiger partial charge on any atom is 0.407 e. The Morgan fingerprint density at radius 2 is 1.39 bits per heavy atom. The van der Waals surface area contributed by atoms with Gasteiger partial charge in [-0.1, -0.05) is 74.5 Å². The van der Waals surface area contributed by atoms with Crippen LogP contribution < -0.4 is 5.32 Å². The molecule has 0 fully saturated rings. The molecular formula is C23H29NO4. The summed E-state index contributed by atoms with van der Waals surface area (Å²) < 4.78 is 10.6. The fourth-order valence-electron chi connectivity index (χ4n) is 2.76. The number of amides is 1. The number of nitrogens with one attached hydrogen (secondary N) is 1. The van der Waals surface area contributed by atoms with Crippen LogP contribution in [0.3, 0.4) is 0 Å². The molecule has 5 nitrogen and oxygen atoms in total. The summed E-state index contributed by atoms with van der Waals surface area (Å²) in [5.74, 6) is 0.0163. The molecule has 0 aliphatic heterocycles. The fraction of sp³-hybridized carbons (Fsp3) is 0.391. The van der Waals surface area contributed by atoms with E-state index in [0.29, 0.717) is 19.3 Å². The van der Waals surface area contributed by atoms with Crippen LogP contribution in [0.2, 0.25) is 0 Å². The Morgan fingerprint density at radius 3 is 1.93 bits per heavy atom. The minimum absolute atomic E-state index is 0.0507. The monoisotopic (exact) mass is 383 g/mol. The van der Waals surface area contributed by atoms with Gasteiger partial charge in [0.15, 0.2) is 0 Å². The second-order valence-electron chi connectivity index (χ2n) is 7.10. The predicted molar refractivity (Wildman–Crippen MR) is 108 cm³/mol. The van der Waals surface area contributed by atoms with Crippen molar-refractivity contribution in [3.8, 4) is 0 Å².